The van der Waals surface area contributed by atoms with Gasteiger partial charge in [0.05, 0.1) is 19.9 Å². The first kappa shape index (κ1) is 21.9. The van der Waals surface area contributed by atoms with Crippen molar-refractivity contribution in [2.75, 3.05) is 20.8 Å². The molecule has 3 N–H and O–H groups in total. The van der Waals surface area contributed by atoms with E-state index in [0.29, 0.717) is 33.1 Å². The van der Waals surface area contributed by atoms with Crippen LogP contribution in [-0.2, 0) is 0 Å². The quantitative estimate of drug-likeness (QED) is 0.466. The van der Waals surface area contributed by atoms with Gasteiger partial charge >= 0.3 is 0 Å². The summed E-state index contributed by atoms with van der Waals surface area (Å²) in [6, 6.07) is 5.53. The van der Waals surface area contributed by atoms with Gasteiger partial charge in [0, 0.05) is 12.1 Å². The van der Waals surface area contributed by atoms with Crippen molar-refractivity contribution in [3.63, 3.8) is 0 Å². The average Bonchev–Trinajstić information content (AvgIpc) is 3.07. The number of thiazole rings is 1. The number of hydrogen-bond acceptors (Lipinski definition) is 6. The van der Waals surface area contributed by atoms with Crippen LogP contribution >= 0.6 is 23.6 Å². The van der Waals surface area contributed by atoms with Crippen LogP contribution in [0, 0.1) is 12.8 Å². The first-order valence-electron chi connectivity index (χ1n) is 8.89. The minimum absolute atomic E-state index is 0.283. The average molecular weight is 423 g/mol. The fraction of sp³-hybridized carbons (Fsp3) is 0.421. The molecule has 0 spiro atoms. The van der Waals surface area contributed by atoms with E-state index >= 15 is 0 Å². The topological polar surface area (TPSA) is 84.5 Å². The minimum atomic E-state index is -0.283. The molecule has 0 saturated carbocycles. The summed E-state index contributed by atoms with van der Waals surface area (Å²) in [5.41, 5.74) is 6.84. The number of hydrogen-bond donors (Lipinski definition) is 3. The van der Waals surface area contributed by atoms with Crippen LogP contribution in [0.5, 0.6) is 11.5 Å². The Bertz CT molecular complexity index is 837. The van der Waals surface area contributed by atoms with Crippen LogP contribution in [0.4, 0.5) is 0 Å². The molecule has 1 aromatic heterocycles. The van der Waals surface area contributed by atoms with Gasteiger partial charge in [-0.1, -0.05) is 13.8 Å². The van der Waals surface area contributed by atoms with Gasteiger partial charge in [-0.2, -0.15) is 0 Å². The van der Waals surface area contributed by atoms with E-state index in [1.165, 1.54) is 11.3 Å². The SMILES string of the molecule is COc1ccc(-c2nc(C)c(C(=O)NNC(=S)NCCC(C)C)s2)cc1OC. The zero-order valence-corrected chi connectivity index (χ0v) is 18.3. The number of nitrogens with zero attached hydrogens (tertiary/aromatic N) is 1. The Hall–Kier alpha value is -2.39. The van der Waals surface area contributed by atoms with E-state index in [1.807, 2.05) is 18.2 Å². The van der Waals surface area contributed by atoms with E-state index in [9.17, 15) is 4.79 Å². The standard InChI is InChI=1S/C19H26N4O3S2/c1-11(2)8-9-20-19(27)23-22-17(24)16-12(3)21-18(28-16)13-6-7-14(25-4)15(10-13)26-5/h6-7,10-11H,8-9H2,1-5H3,(H,22,24)(H2,20,23,27). The molecule has 0 aliphatic carbocycles. The summed E-state index contributed by atoms with van der Waals surface area (Å²) in [7, 11) is 3.17. The monoisotopic (exact) mass is 422 g/mol. The maximum atomic E-state index is 12.5. The van der Waals surface area contributed by atoms with E-state index < -0.39 is 0 Å². The Morgan fingerprint density at radius 3 is 2.57 bits per heavy atom. The van der Waals surface area contributed by atoms with Crippen molar-refractivity contribution in [2.24, 2.45) is 5.92 Å². The number of rotatable bonds is 7. The first-order chi connectivity index (χ1) is 13.3. The number of aromatic nitrogens is 1. The van der Waals surface area contributed by atoms with Crippen molar-refractivity contribution in [1.82, 2.24) is 21.2 Å². The van der Waals surface area contributed by atoms with Crippen molar-refractivity contribution in [1.29, 1.82) is 0 Å². The fourth-order valence-corrected chi connectivity index (χ4v) is 3.50. The lowest BCUT2D eigenvalue weighted by atomic mass is 10.1. The summed E-state index contributed by atoms with van der Waals surface area (Å²) < 4.78 is 10.6. The maximum Gasteiger partial charge on any atom is 0.281 e. The van der Waals surface area contributed by atoms with Gasteiger partial charge < -0.3 is 14.8 Å². The van der Waals surface area contributed by atoms with Crippen molar-refractivity contribution in [2.45, 2.75) is 27.2 Å². The van der Waals surface area contributed by atoms with E-state index in [2.05, 4.69) is 35.0 Å². The van der Waals surface area contributed by atoms with Crippen LogP contribution in [0.2, 0.25) is 0 Å². The van der Waals surface area contributed by atoms with Gasteiger partial charge in [-0.3, -0.25) is 15.6 Å². The number of carbonyl (C=O) groups excluding carboxylic acids is 1. The van der Waals surface area contributed by atoms with Crippen LogP contribution in [0.1, 0.15) is 35.6 Å². The molecule has 152 valence electrons. The first-order valence-corrected chi connectivity index (χ1v) is 10.1. The van der Waals surface area contributed by atoms with Crippen molar-refractivity contribution >= 4 is 34.6 Å². The van der Waals surface area contributed by atoms with Gasteiger partial charge in [0.25, 0.3) is 5.91 Å². The fourth-order valence-electron chi connectivity index (χ4n) is 2.39. The molecule has 2 aromatic rings. The second kappa shape index (κ2) is 10.2. The van der Waals surface area contributed by atoms with Crippen molar-refractivity contribution in [3.8, 4) is 22.1 Å². The number of aryl methyl sites for hydroxylation is 1. The maximum absolute atomic E-state index is 12.5. The van der Waals surface area contributed by atoms with Crippen LogP contribution < -0.4 is 25.6 Å². The van der Waals surface area contributed by atoms with E-state index in [1.54, 1.807) is 21.1 Å². The van der Waals surface area contributed by atoms with E-state index in [-0.39, 0.29) is 5.91 Å². The molecular weight excluding hydrogens is 396 g/mol. The third-order valence-corrected chi connectivity index (χ3v) is 5.38. The molecule has 1 aromatic carbocycles. The van der Waals surface area contributed by atoms with Crippen LogP contribution in [-0.4, -0.2) is 36.8 Å². The number of amides is 1. The molecule has 7 nitrogen and oxygen atoms in total. The highest BCUT2D eigenvalue weighted by Gasteiger charge is 2.17. The summed E-state index contributed by atoms with van der Waals surface area (Å²) in [6.07, 6.45) is 0.998. The Kier molecular flexibility index (Phi) is 8.01. The molecule has 0 unspecified atom stereocenters. The highest BCUT2D eigenvalue weighted by atomic mass is 32.1. The predicted octanol–water partition coefficient (Wildman–Crippen LogP) is 3.29. The normalized spacial score (nSPS) is 10.5. The third-order valence-electron chi connectivity index (χ3n) is 3.93. The summed E-state index contributed by atoms with van der Waals surface area (Å²) >= 11 is 6.47. The number of nitrogens with one attached hydrogen (secondary N) is 3. The molecule has 9 heteroatoms. The molecule has 0 atom stereocenters. The molecule has 0 aliphatic heterocycles. The zero-order chi connectivity index (χ0) is 20.7. The summed E-state index contributed by atoms with van der Waals surface area (Å²) in [6.45, 7) is 6.84. The number of carbonyl (C=O) groups is 1. The molecule has 2 rings (SSSR count). The minimum Gasteiger partial charge on any atom is -0.493 e. The lowest BCUT2D eigenvalue weighted by molar-refractivity contribution is 0.0947. The van der Waals surface area contributed by atoms with Crippen LogP contribution in [0.15, 0.2) is 18.2 Å². The van der Waals surface area contributed by atoms with Gasteiger partial charge in [0.1, 0.15) is 9.88 Å². The molecule has 0 saturated heterocycles. The Labute approximate surface area is 174 Å². The number of thiocarbonyl (C=S) groups is 1. The smallest absolute Gasteiger partial charge is 0.281 e. The Morgan fingerprint density at radius 2 is 1.93 bits per heavy atom. The van der Waals surface area contributed by atoms with Gasteiger partial charge in [0.15, 0.2) is 16.6 Å². The van der Waals surface area contributed by atoms with E-state index in [4.69, 9.17) is 21.7 Å². The second-order valence-corrected chi connectivity index (χ2v) is 7.93. The summed E-state index contributed by atoms with van der Waals surface area (Å²) in [4.78, 5) is 17.5. The third kappa shape index (κ3) is 5.80. The van der Waals surface area contributed by atoms with Crippen molar-refractivity contribution < 1.29 is 14.3 Å². The van der Waals surface area contributed by atoms with Crippen LogP contribution in [0.25, 0.3) is 10.6 Å². The van der Waals surface area contributed by atoms with Crippen LogP contribution in [0.3, 0.4) is 0 Å². The molecule has 0 bridgehead atoms. The number of benzene rings is 1. The molecule has 0 fully saturated rings. The predicted molar refractivity (Wildman–Crippen MR) is 116 cm³/mol. The van der Waals surface area contributed by atoms with Gasteiger partial charge in [-0.15, -0.1) is 11.3 Å². The molecular formula is C19H26N4O3S2. The highest BCUT2D eigenvalue weighted by Crippen LogP contribution is 2.34. The van der Waals surface area contributed by atoms with Gasteiger partial charge in [0.2, 0.25) is 0 Å². The summed E-state index contributed by atoms with van der Waals surface area (Å²) in [5.74, 6) is 1.55. The van der Waals surface area contributed by atoms with E-state index in [0.717, 1.165) is 23.5 Å². The molecule has 0 radical (unpaired) electrons. The highest BCUT2D eigenvalue weighted by molar-refractivity contribution is 7.80. The lowest BCUT2D eigenvalue weighted by Crippen LogP contribution is -2.47. The summed E-state index contributed by atoms with van der Waals surface area (Å²) in [5, 5.41) is 4.17. The Balaban J connectivity index is 2.03. The molecule has 28 heavy (non-hydrogen) atoms. The molecule has 1 amide bonds. The zero-order valence-electron chi connectivity index (χ0n) is 16.7. The number of methoxy groups -OCH3 is 2. The Morgan fingerprint density at radius 1 is 1.21 bits per heavy atom. The largest absolute Gasteiger partial charge is 0.493 e. The second-order valence-electron chi connectivity index (χ2n) is 6.52. The molecule has 1 heterocycles. The van der Waals surface area contributed by atoms with Crippen molar-refractivity contribution in [3.05, 3.63) is 28.8 Å². The van der Waals surface area contributed by atoms with Gasteiger partial charge in [-0.05, 0) is 49.7 Å². The number of ether oxygens (including phenoxy) is 2. The molecule has 0 aliphatic rings. The lowest BCUT2D eigenvalue weighted by Gasteiger charge is -2.12. The number of hydrazine groups is 1. The van der Waals surface area contributed by atoms with Gasteiger partial charge in [-0.25, -0.2) is 4.98 Å².